The van der Waals surface area contributed by atoms with Crippen molar-refractivity contribution in [1.82, 2.24) is 10.7 Å². The molecule has 3 N–H and O–H groups in total. The molecule has 0 saturated carbocycles. The van der Waals surface area contributed by atoms with Gasteiger partial charge in [-0.15, -0.1) is 0 Å². The van der Waals surface area contributed by atoms with Crippen molar-refractivity contribution in [2.75, 3.05) is 25.3 Å². The Morgan fingerprint density at radius 2 is 1.79 bits per heavy atom. The van der Waals surface area contributed by atoms with Crippen LogP contribution in [0.2, 0.25) is 0 Å². The van der Waals surface area contributed by atoms with E-state index in [1.165, 1.54) is 30.5 Å². The van der Waals surface area contributed by atoms with E-state index < -0.39 is 41.8 Å². The molecule has 226 valence electrons. The van der Waals surface area contributed by atoms with Crippen molar-refractivity contribution in [3.8, 4) is 23.0 Å². The van der Waals surface area contributed by atoms with Gasteiger partial charge < -0.3 is 29.6 Å². The number of nitrogens with one attached hydrogen (secondary N) is 3. The van der Waals surface area contributed by atoms with Crippen molar-refractivity contribution in [3.63, 3.8) is 0 Å². The first-order valence-corrected chi connectivity index (χ1v) is 13.4. The number of para-hydroxylation sites is 1. The summed E-state index contributed by atoms with van der Waals surface area (Å²) in [5, 5.41) is 8.47. The number of hydrazone groups is 1. The zero-order valence-corrected chi connectivity index (χ0v) is 24.0. The normalized spacial score (nSPS) is 12.1. The van der Waals surface area contributed by atoms with Crippen LogP contribution in [0.25, 0.3) is 0 Å². The molecule has 0 atom stereocenters. The molecule has 1 aliphatic heterocycles. The Labute approximate surface area is 251 Å². The number of halogens is 4. The number of ether oxygens (including phenoxy) is 4. The molecule has 0 aromatic heterocycles. The standard InChI is InChI=1S/C28H24BrF3N4O7/c1-2-40-23-11-17(13-34-36-27(39)26(38)33-12-16-7-8-21-22(10-16)43-15-42-21)9-19(29)25(23)41-14-24(37)35-20-6-4-3-5-18(20)28(30,31)32/h3-11,13H,2,12,14-15H2,1H3,(H,33,38)(H,35,37)(H,36,39)/b34-13-. The molecule has 0 fully saturated rings. The average Bonchev–Trinajstić information content (AvgIpc) is 3.43. The number of hydrogen-bond donors (Lipinski definition) is 3. The highest BCUT2D eigenvalue weighted by Gasteiger charge is 2.33. The van der Waals surface area contributed by atoms with E-state index in [0.29, 0.717) is 27.1 Å². The number of rotatable bonds is 10. The molecule has 0 saturated heterocycles. The van der Waals surface area contributed by atoms with Crippen molar-refractivity contribution in [1.29, 1.82) is 0 Å². The summed E-state index contributed by atoms with van der Waals surface area (Å²) in [6, 6.07) is 12.7. The van der Waals surface area contributed by atoms with Gasteiger partial charge in [-0.3, -0.25) is 14.4 Å². The lowest BCUT2D eigenvalue weighted by Crippen LogP contribution is -2.37. The van der Waals surface area contributed by atoms with E-state index in [1.54, 1.807) is 25.1 Å². The minimum atomic E-state index is -4.65. The fourth-order valence-electron chi connectivity index (χ4n) is 3.76. The van der Waals surface area contributed by atoms with Gasteiger partial charge >= 0.3 is 18.0 Å². The number of alkyl halides is 3. The van der Waals surface area contributed by atoms with Gasteiger partial charge in [0.1, 0.15) is 0 Å². The van der Waals surface area contributed by atoms with Gasteiger partial charge in [0, 0.05) is 6.54 Å². The maximum atomic E-state index is 13.2. The van der Waals surface area contributed by atoms with E-state index in [-0.39, 0.29) is 31.4 Å². The number of anilines is 1. The van der Waals surface area contributed by atoms with E-state index in [9.17, 15) is 27.6 Å². The minimum absolute atomic E-state index is 0.0750. The minimum Gasteiger partial charge on any atom is -0.490 e. The summed E-state index contributed by atoms with van der Waals surface area (Å²) in [7, 11) is 0. The summed E-state index contributed by atoms with van der Waals surface area (Å²) in [5.74, 6) is -1.29. The van der Waals surface area contributed by atoms with Crippen molar-refractivity contribution >= 4 is 45.6 Å². The smallest absolute Gasteiger partial charge is 0.418 e. The van der Waals surface area contributed by atoms with E-state index >= 15 is 0 Å². The van der Waals surface area contributed by atoms with Crippen LogP contribution in [-0.4, -0.2) is 43.9 Å². The second-order valence-electron chi connectivity index (χ2n) is 8.71. The van der Waals surface area contributed by atoms with Crippen LogP contribution in [0.3, 0.4) is 0 Å². The Bertz CT molecular complexity index is 1550. The molecular formula is C28H24BrF3N4O7. The third kappa shape index (κ3) is 8.38. The molecular weight excluding hydrogens is 641 g/mol. The van der Waals surface area contributed by atoms with Gasteiger partial charge in [-0.05, 0) is 70.4 Å². The molecule has 0 radical (unpaired) electrons. The molecule has 3 amide bonds. The van der Waals surface area contributed by atoms with Crippen molar-refractivity contribution in [2.45, 2.75) is 19.6 Å². The topological polar surface area (TPSA) is 137 Å². The van der Waals surface area contributed by atoms with E-state index in [2.05, 4.69) is 37.1 Å². The van der Waals surface area contributed by atoms with Crippen molar-refractivity contribution < 1.29 is 46.5 Å². The van der Waals surface area contributed by atoms with Crippen LogP contribution in [0.5, 0.6) is 23.0 Å². The zero-order chi connectivity index (χ0) is 31.0. The summed E-state index contributed by atoms with van der Waals surface area (Å²) in [6.45, 7) is 1.50. The lowest BCUT2D eigenvalue weighted by Gasteiger charge is -2.16. The van der Waals surface area contributed by atoms with Crippen LogP contribution in [0, 0.1) is 0 Å². The highest BCUT2D eigenvalue weighted by atomic mass is 79.9. The van der Waals surface area contributed by atoms with Crippen molar-refractivity contribution in [3.05, 3.63) is 75.8 Å². The molecule has 1 heterocycles. The Kier molecular flexibility index (Phi) is 10.1. The number of carbonyl (C=O) groups excluding carboxylic acids is 3. The van der Waals surface area contributed by atoms with E-state index in [4.69, 9.17) is 18.9 Å². The summed E-state index contributed by atoms with van der Waals surface area (Å²) in [4.78, 5) is 36.7. The molecule has 0 unspecified atom stereocenters. The summed E-state index contributed by atoms with van der Waals surface area (Å²) < 4.78 is 61.6. The second kappa shape index (κ2) is 13.9. The maximum absolute atomic E-state index is 13.2. The molecule has 4 rings (SSSR count). The molecule has 3 aromatic carbocycles. The van der Waals surface area contributed by atoms with Gasteiger partial charge in [-0.25, -0.2) is 5.43 Å². The summed E-state index contributed by atoms with van der Waals surface area (Å²) in [5.41, 5.74) is 1.86. The molecule has 3 aromatic rings. The molecule has 1 aliphatic rings. The van der Waals surface area contributed by atoms with Gasteiger partial charge in [0.2, 0.25) is 6.79 Å². The largest absolute Gasteiger partial charge is 0.490 e. The SMILES string of the molecule is CCOc1cc(/C=N\NC(=O)C(=O)NCc2ccc3c(c2)OCO3)cc(Br)c1OCC(=O)Nc1ccccc1C(F)(F)F. The lowest BCUT2D eigenvalue weighted by atomic mass is 10.1. The first-order chi connectivity index (χ1) is 20.5. The molecule has 0 spiro atoms. The summed E-state index contributed by atoms with van der Waals surface area (Å²) in [6.07, 6.45) is -3.40. The number of fused-ring (bicyclic) bond motifs is 1. The Balaban J connectivity index is 1.33. The second-order valence-corrected chi connectivity index (χ2v) is 9.57. The van der Waals surface area contributed by atoms with Crippen LogP contribution in [0.15, 0.2) is 64.2 Å². The van der Waals surface area contributed by atoms with Crippen LogP contribution in [0.1, 0.15) is 23.6 Å². The monoisotopic (exact) mass is 664 g/mol. The Morgan fingerprint density at radius 3 is 2.56 bits per heavy atom. The maximum Gasteiger partial charge on any atom is 0.418 e. The lowest BCUT2D eigenvalue weighted by molar-refractivity contribution is -0.139. The van der Waals surface area contributed by atoms with Crippen molar-refractivity contribution in [2.24, 2.45) is 5.10 Å². The van der Waals surface area contributed by atoms with Gasteiger partial charge in [0.15, 0.2) is 29.6 Å². The predicted octanol–water partition coefficient (Wildman–Crippen LogP) is 4.38. The van der Waals surface area contributed by atoms with Crippen LogP contribution in [-0.2, 0) is 27.1 Å². The third-order valence-corrected chi connectivity index (χ3v) is 6.25. The number of benzene rings is 3. The fourth-order valence-corrected chi connectivity index (χ4v) is 4.33. The van der Waals surface area contributed by atoms with Crippen LogP contribution >= 0.6 is 15.9 Å². The number of hydrogen-bond acceptors (Lipinski definition) is 8. The quantitative estimate of drug-likeness (QED) is 0.166. The molecule has 43 heavy (non-hydrogen) atoms. The van der Waals surface area contributed by atoms with Crippen LogP contribution < -0.4 is 35.0 Å². The zero-order valence-electron chi connectivity index (χ0n) is 22.4. The van der Waals surface area contributed by atoms with E-state index in [0.717, 1.165) is 12.1 Å². The average molecular weight is 665 g/mol. The molecule has 0 aliphatic carbocycles. The first-order valence-electron chi connectivity index (χ1n) is 12.6. The number of amides is 3. The Morgan fingerprint density at radius 1 is 1.02 bits per heavy atom. The third-order valence-electron chi connectivity index (χ3n) is 5.66. The van der Waals surface area contributed by atoms with Gasteiger partial charge in [0.05, 0.1) is 28.5 Å². The molecule has 0 bridgehead atoms. The van der Waals surface area contributed by atoms with Gasteiger partial charge in [-0.1, -0.05) is 18.2 Å². The van der Waals surface area contributed by atoms with Crippen LogP contribution in [0.4, 0.5) is 18.9 Å². The molecule has 11 nitrogen and oxygen atoms in total. The highest BCUT2D eigenvalue weighted by molar-refractivity contribution is 9.10. The number of carbonyl (C=O) groups is 3. The van der Waals surface area contributed by atoms with Gasteiger partial charge in [-0.2, -0.15) is 18.3 Å². The Hall–Kier alpha value is -4.79. The highest BCUT2D eigenvalue weighted by Crippen LogP contribution is 2.37. The van der Waals surface area contributed by atoms with E-state index in [1.807, 2.05) is 0 Å². The molecule has 15 heteroatoms. The fraction of sp³-hybridized carbons (Fsp3) is 0.214. The first kappa shape index (κ1) is 31.2. The van der Waals surface area contributed by atoms with Gasteiger partial charge in [0.25, 0.3) is 5.91 Å². The predicted molar refractivity (Wildman–Crippen MR) is 151 cm³/mol. The number of nitrogens with zero attached hydrogens (tertiary/aromatic N) is 1. The summed E-state index contributed by atoms with van der Waals surface area (Å²) >= 11 is 3.31.